The zero-order valence-electron chi connectivity index (χ0n) is 20.0. The molecular formula is C24H33N5O4S. The summed E-state index contributed by atoms with van der Waals surface area (Å²) in [4.78, 5) is 27.8. The fraction of sp³-hybridized carbons (Fsp3) is 0.542. The van der Waals surface area contributed by atoms with E-state index in [4.69, 9.17) is 4.74 Å². The number of piperidine rings is 1. The molecule has 0 aliphatic carbocycles. The third-order valence-corrected chi connectivity index (χ3v) is 7.57. The summed E-state index contributed by atoms with van der Waals surface area (Å²) >= 11 is 0. The van der Waals surface area contributed by atoms with Gasteiger partial charge in [0.05, 0.1) is 24.5 Å². The first-order chi connectivity index (χ1) is 16.2. The van der Waals surface area contributed by atoms with Gasteiger partial charge in [-0.25, -0.2) is 23.2 Å². The van der Waals surface area contributed by atoms with Crippen molar-refractivity contribution in [3.63, 3.8) is 0 Å². The standard InChI is InChI=1S/C24H33N5O4S/c1-18-15-28(23-25-13-22(14-26-23)34(3,31)32)16-19(2)29(18)24(30)33-21-9-11-27(12-10-21)17-20-7-5-4-6-8-20/h4-8,13-14,18-19,21H,9-12,15-17H2,1-3H3/t18-,19+. The van der Waals surface area contributed by atoms with Gasteiger partial charge < -0.3 is 9.64 Å². The second-order valence-corrected chi connectivity index (χ2v) is 11.4. The summed E-state index contributed by atoms with van der Waals surface area (Å²) in [5.74, 6) is 0.463. The van der Waals surface area contributed by atoms with Crippen molar-refractivity contribution < 1.29 is 17.9 Å². The van der Waals surface area contributed by atoms with Crippen LogP contribution in [-0.4, -0.2) is 84.9 Å². The van der Waals surface area contributed by atoms with Crippen LogP contribution in [0, 0.1) is 0 Å². The zero-order valence-corrected chi connectivity index (χ0v) is 20.8. The molecule has 0 saturated carbocycles. The third-order valence-electron chi connectivity index (χ3n) is 6.51. The van der Waals surface area contributed by atoms with Crippen molar-refractivity contribution in [3.05, 3.63) is 48.3 Å². The van der Waals surface area contributed by atoms with Crippen LogP contribution in [-0.2, 0) is 21.1 Å². The molecule has 2 atom stereocenters. The van der Waals surface area contributed by atoms with E-state index >= 15 is 0 Å². The lowest BCUT2D eigenvalue weighted by molar-refractivity contribution is 0.00995. The van der Waals surface area contributed by atoms with Gasteiger partial charge in [0.15, 0.2) is 9.84 Å². The summed E-state index contributed by atoms with van der Waals surface area (Å²) in [5.41, 5.74) is 1.30. The number of aromatic nitrogens is 2. The molecule has 1 aromatic carbocycles. The fourth-order valence-corrected chi connectivity index (χ4v) is 5.23. The minimum absolute atomic E-state index is 0.0659. The summed E-state index contributed by atoms with van der Waals surface area (Å²) in [6, 6.07) is 10.2. The molecule has 10 heteroatoms. The molecule has 1 aromatic heterocycles. The molecule has 1 amide bonds. The van der Waals surface area contributed by atoms with Crippen LogP contribution in [0.5, 0.6) is 0 Å². The van der Waals surface area contributed by atoms with Gasteiger partial charge in [-0.1, -0.05) is 30.3 Å². The average molecular weight is 488 g/mol. The van der Waals surface area contributed by atoms with Gasteiger partial charge in [-0.3, -0.25) is 9.80 Å². The number of nitrogens with zero attached hydrogens (tertiary/aromatic N) is 5. The van der Waals surface area contributed by atoms with Gasteiger partial charge in [0.2, 0.25) is 5.95 Å². The maximum atomic E-state index is 13.0. The van der Waals surface area contributed by atoms with Crippen molar-refractivity contribution >= 4 is 21.9 Å². The Balaban J connectivity index is 1.29. The van der Waals surface area contributed by atoms with Crippen LogP contribution in [0.3, 0.4) is 0 Å². The van der Waals surface area contributed by atoms with Gasteiger partial charge in [0, 0.05) is 39.0 Å². The normalized spacial score (nSPS) is 22.6. The van der Waals surface area contributed by atoms with Crippen molar-refractivity contribution in [1.29, 1.82) is 0 Å². The van der Waals surface area contributed by atoms with Gasteiger partial charge in [0.25, 0.3) is 0 Å². The number of benzene rings is 1. The molecule has 184 valence electrons. The maximum Gasteiger partial charge on any atom is 0.410 e. The van der Waals surface area contributed by atoms with Crippen LogP contribution >= 0.6 is 0 Å². The van der Waals surface area contributed by atoms with Crippen molar-refractivity contribution in [3.8, 4) is 0 Å². The fourth-order valence-electron chi connectivity index (χ4n) is 4.74. The van der Waals surface area contributed by atoms with Gasteiger partial charge >= 0.3 is 6.09 Å². The topological polar surface area (TPSA) is 95.9 Å². The monoisotopic (exact) mass is 487 g/mol. The smallest absolute Gasteiger partial charge is 0.410 e. The van der Waals surface area contributed by atoms with Crippen LogP contribution in [0.2, 0.25) is 0 Å². The van der Waals surface area contributed by atoms with E-state index in [1.165, 1.54) is 18.0 Å². The molecule has 0 radical (unpaired) electrons. The number of anilines is 1. The SMILES string of the molecule is C[C@@H]1CN(c2ncc(S(C)(=O)=O)cn2)C[C@H](C)N1C(=O)OC1CCN(Cc2ccccc2)CC1. The van der Waals surface area contributed by atoms with E-state index in [9.17, 15) is 13.2 Å². The molecule has 9 nitrogen and oxygen atoms in total. The molecule has 2 aliphatic rings. The Morgan fingerprint density at radius 2 is 1.62 bits per heavy atom. The summed E-state index contributed by atoms with van der Waals surface area (Å²) in [5, 5.41) is 0. The van der Waals surface area contributed by atoms with Gasteiger partial charge in [0.1, 0.15) is 11.0 Å². The summed E-state index contributed by atoms with van der Waals surface area (Å²) in [6.45, 7) is 7.80. The van der Waals surface area contributed by atoms with E-state index in [1.807, 2.05) is 24.8 Å². The minimum Gasteiger partial charge on any atom is -0.446 e. The highest BCUT2D eigenvalue weighted by atomic mass is 32.2. The Kier molecular flexibility index (Phi) is 7.37. The number of amides is 1. The Morgan fingerprint density at radius 3 is 2.18 bits per heavy atom. The van der Waals surface area contributed by atoms with Crippen LogP contribution in [0.1, 0.15) is 32.3 Å². The highest BCUT2D eigenvalue weighted by Gasteiger charge is 2.36. The Bertz CT molecular complexity index is 1060. The van der Waals surface area contributed by atoms with E-state index < -0.39 is 9.84 Å². The van der Waals surface area contributed by atoms with Crippen molar-refractivity contribution in [2.45, 2.75) is 56.3 Å². The second-order valence-electron chi connectivity index (χ2n) is 9.35. The van der Waals surface area contributed by atoms with Crippen LogP contribution in [0.25, 0.3) is 0 Å². The molecule has 0 spiro atoms. The van der Waals surface area contributed by atoms with Gasteiger partial charge in [-0.2, -0.15) is 0 Å². The first-order valence-electron chi connectivity index (χ1n) is 11.7. The van der Waals surface area contributed by atoms with Crippen LogP contribution in [0.4, 0.5) is 10.7 Å². The number of rotatable bonds is 5. The summed E-state index contributed by atoms with van der Waals surface area (Å²) < 4.78 is 29.2. The van der Waals surface area contributed by atoms with Crippen LogP contribution in [0.15, 0.2) is 47.6 Å². The molecule has 4 rings (SSSR count). The highest BCUT2D eigenvalue weighted by molar-refractivity contribution is 7.90. The second kappa shape index (κ2) is 10.3. The highest BCUT2D eigenvalue weighted by Crippen LogP contribution is 2.23. The molecule has 2 aromatic rings. The van der Waals surface area contributed by atoms with Crippen molar-refractivity contribution in [2.24, 2.45) is 0 Å². The number of hydrogen-bond acceptors (Lipinski definition) is 8. The van der Waals surface area contributed by atoms with E-state index in [0.717, 1.165) is 38.7 Å². The number of ether oxygens (including phenoxy) is 1. The van der Waals surface area contributed by atoms with E-state index in [1.54, 1.807) is 4.90 Å². The molecule has 2 fully saturated rings. The summed E-state index contributed by atoms with van der Waals surface area (Å²) in [7, 11) is -3.34. The molecule has 0 N–H and O–H groups in total. The number of likely N-dealkylation sites (tertiary alicyclic amines) is 1. The molecular weight excluding hydrogens is 454 g/mol. The molecule has 2 saturated heterocycles. The number of carbonyl (C=O) groups is 1. The lowest BCUT2D eigenvalue weighted by Crippen LogP contribution is -2.59. The lowest BCUT2D eigenvalue weighted by atomic mass is 10.1. The first-order valence-corrected chi connectivity index (χ1v) is 13.6. The quantitative estimate of drug-likeness (QED) is 0.635. The average Bonchev–Trinajstić information content (AvgIpc) is 2.80. The van der Waals surface area contributed by atoms with E-state index in [2.05, 4.69) is 39.1 Å². The number of piperazine rings is 1. The largest absolute Gasteiger partial charge is 0.446 e. The Morgan fingerprint density at radius 1 is 1.03 bits per heavy atom. The number of hydrogen-bond donors (Lipinski definition) is 0. The van der Waals surface area contributed by atoms with Crippen molar-refractivity contribution in [2.75, 3.05) is 37.3 Å². The minimum atomic E-state index is -3.34. The van der Waals surface area contributed by atoms with Crippen LogP contribution < -0.4 is 4.90 Å². The van der Waals surface area contributed by atoms with E-state index in [0.29, 0.717) is 19.0 Å². The van der Waals surface area contributed by atoms with Gasteiger partial charge in [-0.15, -0.1) is 0 Å². The molecule has 0 bridgehead atoms. The Labute approximate surface area is 201 Å². The molecule has 2 aliphatic heterocycles. The summed E-state index contributed by atoms with van der Waals surface area (Å²) in [6.07, 6.45) is 5.13. The zero-order chi connectivity index (χ0) is 24.3. The van der Waals surface area contributed by atoms with Crippen molar-refractivity contribution in [1.82, 2.24) is 19.8 Å². The Hall–Kier alpha value is -2.72. The molecule has 0 unspecified atom stereocenters. The molecule has 3 heterocycles. The number of sulfone groups is 1. The maximum absolute atomic E-state index is 13.0. The predicted molar refractivity (Wildman–Crippen MR) is 129 cm³/mol. The lowest BCUT2D eigenvalue weighted by Gasteiger charge is -2.44. The first kappa shape index (κ1) is 24.4. The van der Waals surface area contributed by atoms with Gasteiger partial charge in [-0.05, 0) is 32.3 Å². The molecule has 34 heavy (non-hydrogen) atoms. The number of carbonyl (C=O) groups excluding carboxylic acids is 1. The third kappa shape index (κ3) is 5.85. The van der Waals surface area contributed by atoms with E-state index in [-0.39, 0.29) is 29.2 Å². The predicted octanol–water partition coefficient (Wildman–Crippen LogP) is 2.58.